The van der Waals surface area contributed by atoms with Crippen LogP contribution in [-0.2, 0) is 4.79 Å². The fourth-order valence-electron chi connectivity index (χ4n) is 1.91. The number of halogens is 2. The van der Waals surface area contributed by atoms with Crippen LogP contribution >= 0.6 is 23.2 Å². The van der Waals surface area contributed by atoms with Crippen LogP contribution in [0.25, 0.3) is 11.3 Å². The van der Waals surface area contributed by atoms with Gasteiger partial charge in [-0.3, -0.25) is 9.78 Å². The van der Waals surface area contributed by atoms with Crippen LogP contribution in [0.5, 0.6) is 5.75 Å². The van der Waals surface area contributed by atoms with Gasteiger partial charge in [0.25, 0.3) is 5.91 Å². The van der Waals surface area contributed by atoms with Gasteiger partial charge in [-0.1, -0.05) is 23.2 Å². The lowest BCUT2D eigenvalue weighted by molar-refractivity contribution is -0.129. The van der Waals surface area contributed by atoms with Crippen molar-refractivity contribution in [1.82, 2.24) is 10.3 Å². The zero-order valence-electron chi connectivity index (χ0n) is 12.7. The number of benzene rings is 1. The second-order valence-electron chi connectivity index (χ2n) is 4.99. The zero-order chi connectivity index (χ0) is 17.7. The molecule has 0 fully saturated rings. The second kappa shape index (κ2) is 8.30. The summed E-state index contributed by atoms with van der Waals surface area (Å²) in [5.74, 6) is 0.0330. The van der Waals surface area contributed by atoms with Gasteiger partial charge in [0.2, 0.25) is 0 Å². The molecule has 0 radical (unpaired) electrons. The quantitative estimate of drug-likeness (QED) is 0.678. The summed E-state index contributed by atoms with van der Waals surface area (Å²) in [6.07, 6.45) is -0.876. The van der Waals surface area contributed by atoms with E-state index in [1.165, 1.54) is 6.20 Å². The monoisotopic (exact) mass is 370 g/mol. The maximum Gasteiger partial charge on any atom is 0.260 e. The zero-order valence-corrected chi connectivity index (χ0v) is 14.3. The standard InChI is InChI=1S/C16H16Cl2N2O4/c1-9(16(23)20-8-14(21)22)24-12-4-2-10(3-5-12)15-13(18)6-11(17)7-19-15/h2-7,9,14,21-22H,8H2,1H3,(H,20,23). The van der Waals surface area contributed by atoms with Gasteiger partial charge < -0.3 is 20.3 Å². The van der Waals surface area contributed by atoms with Gasteiger partial charge in [0.15, 0.2) is 12.4 Å². The molecule has 2 rings (SSSR count). The molecular weight excluding hydrogens is 355 g/mol. The fourth-order valence-corrected chi connectivity index (χ4v) is 2.40. The number of nitrogens with one attached hydrogen (secondary N) is 1. The molecule has 2 aromatic rings. The summed E-state index contributed by atoms with van der Waals surface area (Å²) in [6.45, 7) is 1.30. The van der Waals surface area contributed by atoms with Crippen molar-refractivity contribution < 1.29 is 19.7 Å². The molecule has 0 aliphatic heterocycles. The first-order chi connectivity index (χ1) is 11.4. The lowest BCUT2D eigenvalue weighted by Crippen LogP contribution is -2.40. The Morgan fingerprint density at radius 2 is 1.96 bits per heavy atom. The van der Waals surface area contributed by atoms with Crippen LogP contribution in [0.15, 0.2) is 36.5 Å². The Balaban J connectivity index is 2.02. The van der Waals surface area contributed by atoms with Crippen molar-refractivity contribution in [1.29, 1.82) is 0 Å². The molecule has 1 heterocycles. The number of ether oxygens (including phenoxy) is 1. The minimum Gasteiger partial charge on any atom is -0.481 e. The third-order valence-corrected chi connectivity index (χ3v) is 3.57. The van der Waals surface area contributed by atoms with Gasteiger partial charge >= 0.3 is 0 Å². The molecule has 1 unspecified atom stereocenters. The van der Waals surface area contributed by atoms with E-state index in [4.69, 9.17) is 38.2 Å². The number of carbonyl (C=O) groups is 1. The van der Waals surface area contributed by atoms with Crippen molar-refractivity contribution in [2.75, 3.05) is 6.54 Å². The first kappa shape index (κ1) is 18.5. The van der Waals surface area contributed by atoms with E-state index in [1.54, 1.807) is 37.3 Å². The molecule has 24 heavy (non-hydrogen) atoms. The molecule has 0 spiro atoms. The Kier molecular flexibility index (Phi) is 6.39. The average Bonchev–Trinajstić information content (AvgIpc) is 2.53. The summed E-state index contributed by atoms with van der Waals surface area (Å²) in [5, 5.41) is 20.7. The molecular formula is C16H16Cl2N2O4. The number of aliphatic hydroxyl groups excluding tert-OH is 1. The van der Waals surface area contributed by atoms with Gasteiger partial charge in [-0.15, -0.1) is 0 Å². The fraction of sp³-hybridized carbons (Fsp3) is 0.250. The first-order valence-corrected chi connectivity index (χ1v) is 7.84. The summed E-state index contributed by atoms with van der Waals surface area (Å²) in [5.41, 5.74) is 1.37. The van der Waals surface area contributed by atoms with Gasteiger partial charge in [0, 0.05) is 11.8 Å². The number of rotatable bonds is 6. The van der Waals surface area contributed by atoms with E-state index in [1.807, 2.05) is 0 Å². The van der Waals surface area contributed by atoms with E-state index in [9.17, 15) is 4.79 Å². The van der Waals surface area contributed by atoms with Gasteiger partial charge in [-0.25, -0.2) is 0 Å². The third kappa shape index (κ3) is 5.07. The van der Waals surface area contributed by atoms with E-state index in [-0.39, 0.29) is 6.54 Å². The van der Waals surface area contributed by atoms with Crippen molar-refractivity contribution in [2.45, 2.75) is 19.3 Å². The molecule has 0 saturated carbocycles. The minimum absolute atomic E-state index is 0.258. The molecule has 6 nitrogen and oxygen atoms in total. The van der Waals surface area contributed by atoms with E-state index >= 15 is 0 Å². The smallest absolute Gasteiger partial charge is 0.260 e. The lowest BCUT2D eigenvalue weighted by atomic mass is 10.1. The van der Waals surface area contributed by atoms with Crippen molar-refractivity contribution in [3.05, 3.63) is 46.6 Å². The predicted molar refractivity (Wildman–Crippen MR) is 91.0 cm³/mol. The highest BCUT2D eigenvalue weighted by molar-refractivity contribution is 6.36. The van der Waals surface area contributed by atoms with Crippen molar-refractivity contribution in [2.24, 2.45) is 0 Å². The highest BCUT2D eigenvalue weighted by Crippen LogP contribution is 2.29. The van der Waals surface area contributed by atoms with Gasteiger partial charge in [-0.2, -0.15) is 0 Å². The minimum atomic E-state index is -1.60. The molecule has 1 amide bonds. The van der Waals surface area contributed by atoms with E-state index in [0.717, 1.165) is 5.56 Å². The van der Waals surface area contributed by atoms with Gasteiger partial charge in [0.05, 0.1) is 22.3 Å². The summed E-state index contributed by atoms with van der Waals surface area (Å²) in [7, 11) is 0. The molecule has 3 N–H and O–H groups in total. The molecule has 1 atom stereocenters. The molecule has 0 aliphatic carbocycles. The van der Waals surface area contributed by atoms with Crippen LogP contribution in [0.2, 0.25) is 10.0 Å². The Morgan fingerprint density at radius 1 is 1.29 bits per heavy atom. The maximum atomic E-state index is 11.7. The molecule has 128 valence electrons. The molecule has 0 aliphatic rings. The molecule has 1 aromatic heterocycles. The molecule has 1 aromatic carbocycles. The van der Waals surface area contributed by atoms with E-state index < -0.39 is 18.3 Å². The Labute approximate surface area is 149 Å². The SMILES string of the molecule is CC(Oc1ccc(-c2ncc(Cl)cc2Cl)cc1)C(=O)NCC(O)O. The van der Waals surface area contributed by atoms with Crippen LogP contribution in [0, 0.1) is 0 Å². The number of amides is 1. The van der Waals surface area contributed by atoms with E-state index in [0.29, 0.717) is 21.5 Å². The number of aliphatic hydroxyl groups is 2. The van der Waals surface area contributed by atoms with Crippen LogP contribution in [-0.4, -0.2) is 40.0 Å². The molecule has 0 saturated heterocycles. The van der Waals surface area contributed by atoms with Crippen LogP contribution in [0.3, 0.4) is 0 Å². The summed E-state index contributed by atoms with van der Waals surface area (Å²) < 4.78 is 5.50. The van der Waals surface area contributed by atoms with Gasteiger partial charge in [0.1, 0.15) is 5.75 Å². The topological polar surface area (TPSA) is 91.7 Å². The normalized spacial score (nSPS) is 12.1. The Hall–Kier alpha value is -1.86. The summed E-state index contributed by atoms with van der Waals surface area (Å²) in [4.78, 5) is 15.9. The molecule has 0 bridgehead atoms. The largest absolute Gasteiger partial charge is 0.481 e. The van der Waals surface area contributed by atoms with Crippen LogP contribution < -0.4 is 10.1 Å². The highest BCUT2D eigenvalue weighted by atomic mass is 35.5. The number of hydrogen-bond donors (Lipinski definition) is 3. The highest BCUT2D eigenvalue weighted by Gasteiger charge is 2.15. The van der Waals surface area contributed by atoms with Crippen molar-refractivity contribution in [3.8, 4) is 17.0 Å². The second-order valence-corrected chi connectivity index (χ2v) is 5.84. The van der Waals surface area contributed by atoms with Crippen LogP contribution in [0.4, 0.5) is 0 Å². The number of hydrogen-bond acceptors (Lipinski definition) is 5. The average molecular weight is 371 g/mol. The number of pyridine rings is 1. The summed E-state index contributed by atoms with van der Waals surface area (Å²) >= 11 is 11.9. The van der Waals surface area contributed by atoms with E-state index in [2.05, 4.69) is 10.3 Å². The summed E-state index contributed by atoms with van der Waals surface area (Å²) in [6, 6.07) is 8.51. The van der Waals surface area contributed by atoms with Gasteiger partial charge in [-0.05, 0) is 37.3 Å². The number of carbonyl (C=O) groups excluding carboxylic acids is 1. The third-order valence-electron chi connectivity index (χ3n) is 3.08. The first-order valence-electron chi connectivity index (χ1n) is 7.09. The predicted octanol–water partition coefficient (Wildman–Crippen LogP) is 2.25. The number of nitrogens with zero attached hydrogens (tertiary/aromatic N) is 1. The maximum absolute atomic E-state index is 11.7. The Morgan fingerprint density at radius 3 is 2.54 bits per heavy atom. The lowest BCUT2D eigenvalue weighted by Gasteiger charge is -2.15. The van der Waals surface area contributed by atoms with Crippen LogP contribution in [0.1, 0.15) is 6.92 Å². The Bertz CT molecular complexity index is 708. The number of aromatic nitrogens is 1. The van der Waals surface area contributed by atoms with Crippen molar-refractivity contribution in [3.63, 3.8) is 0 Å². The van der Waals surface area contributed by atoms with Crippen molar-refractivity contribution >= 4 is 29.1 Å². The molecule has 8 heteroatoms.